The molecule has 0 aliphatic heterocycles. The van der Waals surface area contributed by atoms with Crippen LogP contribution in [0, 0.1) is 0 Å². The minimum atomic E-state index is 0.416. The number of benzene rings is 3. The first-order valence-electron chi connectivity index (χ1n) is 9.28. The van der Waals surface area contributed by atoms with Crippen molar-refractivity contribution >= 4 is 39.3 Å². The number of hydrogen-bond donors (Lipinski definition) is 1. The van der Waals surface area contributed by atoms with Crippen molar-refractivity contribution in [1.29, 1.82) is 0 Å². The van der Waals surface area contributed by atoms with Gasteiger partial charge < -0.3 is 9.73 Å². The van der Waals surface area contributed by atoms with E-state index in [9.17, 15) is 0 Å². The Morgan fingerprint density at radius 3 is 2.55 bits per heavy atom. The molecule has 0 saturated heterocycles. The molecule has 0 unspecified atom stereocenters. The van der Waals surface area contributed by atoms with Gasteiger partial charge in [-0.1, -0.05) is 72.8 Å². The molecule has 0 aliphatic rings. The first-order chi connectivity index (χ1) is 14.1. The third-order valence-electron chi connectivity index (χ3n) is 4.49. The Labute approximate surface area is 174 Å². The van der Waals surface area contributed by atoms with E-state index < -0.39 is 0 Å². The van der Waals surface area contributed by atoms with Gasteiger partial charge in [0.15, 0.2) is 5.58 Å². The highest BCUT2D eigenvalue weighted by Crippen LogP contribution is 2.35. The van der Waals surface area contributed by atoms with Gasteiger partial charge in [-0.2, -0.15) is 0 Å². The van der Waals surface area contributed by atoms with Crippen molar-refractivity contribution in [2.45, 2.75) is 13.5 Å². The molecular formula is C24H20ClN3O. The Hall–Kier alpha value is -3.37. The lowest BCUT2D eigenvalue weighted by Gasteiger charge is -2.16. The molecule has 3 aromatic carbocycles. The van der Waals surface area contributed by atoms with E-state index in [0.29, 0.717) is 17.6 Å². The van der Waals surface area contributed by atoms with Crippen molar-refractivity contribution in [2.75, 3.05) is 0 Å². The maximum absolute atomic E-state index is 6.08. The van der Waals surface area contributed by atoms with Crippen LogP contribution in [0.3, 0.4) is 0 Å². The zero-order valence-corrected chi connectivity index (χ0v) is 16.8. The monoisotopic (exact) mass is 401 g/mol. The number of rotatable bonds is 6. The molecule has 4 aromatic rings. The summed E-state index contributed by atoms with van der Waals surface area (Å²) in [4.78, 5) is 9.01. The summed E-state index contributed by atoms with van der Waals surface area (Å²) in [5.41, 5.74) is 6.09. The van der Waals surface area contributed by atoms with Gasteiger partial charge in [0.2, 0.25) is 5.89 Å². The highest BCUT2D eigenvalue weighted by Gasteiger charge is 2.14. The number of fused-ring (bicyclic) bond motifs is 1. The lowest BCUT2D eigenvalue weighted by molar-refractivity contribution is 0.519. The largest absolute Gasteiger partial charge is 0.439 e. The molecule has 0 atom stereocenters. The number of aromatic nitrogens is 1. The van der Waals surface area contributed by atoms with Crippen LogP contribution in [0.2, 0.25) is 0 Å². The summed E-state index contributed by atoms with van der Waals surface area (Å²) in [6.45, 7) is 6.43. The van der Waals surface area contributed by atoms with Crippen molar-refractivity contribution in [3.63, 3.8) is 0 Å². The molecule has 0 aliphatic carbocycles. The fraction of sp³-hybridized carbons (Fsp3) is 0.0833. The first kappa shape index (κ1) is 19.0. The SMILES string of the molecule is C=C(NCc1nc2ccccc2o1)c1c(N=C(C)Cl)cccc1-c1ccccc1. The number of oxazole rings is 1. The zero-order chi connectivity index (χ0) is 20.2. The number of halogens is 1. The minimum absolute atomic E-state index is 0.416. The second-order valence-electron chi connectivity index (χ2n) is 6.58. The molecule has 0 amide bonds. The molecule has 1 heterocycles. The predicted molar refractivity (Wildman–Crippen MR) is 120 cm³/mol. The number of para-hydroxylation sites is 2. The fourth-order valence-electron chi connectivity index (χ4n) is 3.24. The Bertz CT molecular complexity index is 1160. The number of aliphatic imine (C=N–C) groups is 1. The summed E-state index contributed by atoms with van der Waals surface area (Å²) >= 11 is 6.08. The standard InChI is InChI=1S/C24H20ClN3O/c1-16(26-15-23-28-20-12-6-7-14-22(20)29-23)24-19(18-9-4-3-5-10-18)11-8-13-21(24)27-17(2)25/h3-14,26H,1,15H2,2H3. The van der Waals surface area contributed by atoms with Crippen molar-refractivity contribution in [3.8, 4) is 11.1 Å². The zero-order valence-electron chi connectivity index (χ0n) is 16.0. The molecule has 0 fully saturated rings. The Morgan fingerprint density at radius 1 is 1.03 bits per heavy atom. The van der Waals surface area contributed by atoms with E-state index in [4.69, 9.17) is 16.0 Å². The second-order valence-corrected chi connectivity index (χ2v) is 7.13. The predicted octanol–water partition coefficient (Wildman–Crippen LogP) is 6.54. The van der Waals surface area contributed by atoms with E-state index in [-0.39, 0.29) is 0 Å². The fourth-order valence-corrected chi connectivity index (χ4v) is 3.33. The lowest BCUT2D eigenvalue weighted by atomic mass is 9.96. The van der Waals surface area contributed by atoms with E-state index in [2.05, 4.69) is 40.1 Å². The molecular weight excluding hydrogens is 382 g/mol. The molecule has 0 saturated carbocycles. The van der Waals surface area contributed by atoms with E-state index in [0.717, 1.165) is 39.2 Å². The van der Waals surface area contributed by atoms with Gasteiger partial charge in [0, 0.05) is 11.3 Å². The molecule has 144 valence electrons. The summed E-state index contributed by atoms with van der Waals surface area (Å²) in [6, 6.07) is 23.8. The maximum Gasteiger partial charge on any atom is 0.214 e. The number of nitrogens with one attached hydrogen (secondary N) is 1. The van der Waals surface area contributed by atoms with Crippen LogP contribution >= 0.6 is 11.6 Å². The Balaban J connectivity index is 1.68. The molecule has 1 aromatic heterocycles. The van der Waals surface area contributed by atoms with Gasteiger partial charge in [-0.25, -0.2) is 9.98 Å². The number of hydrogen-bond acceptors (Lipinski definition) is 4. The molecule has 0 bridgehead atoms. The highest BCUT2D eigenvalue weighted by molar-refractivity contribution is 6.65. The maximum atomic E-state index is 6.08. The Morgan fingerprint density at radius 2 is 1.79 bits per heavy atom. The van der Waals surface area contributed by atoms with Gasteiger partial charge in [0.25, 0.3) is 0 Å². The van der Waals surface area contributed by atoms with E-state index in [1.165, 1.54) is 0 Å². The van der Waals surface area contributed by atoms with Crippen LogP contribution in [0.5, 0.6) is 0 Å². The number of nitrogens with zero attached hydrogens (tertiary/aromatic N) is 2. The van der Waals surface area contributed by atoms with E-state index >= 15 is 0 Å². The smallest absolute Gasteiger partial charge is 0.214 e. The van der Waals surface area contributed by atoms with Gasteiger partial charge >= 0.3 is 0 Å². The average Bonchev–Trinajstić information content (AvgIpc) is 3.15. The molecule has 29 heavy (non-hydrogen) atoms. The first-order valence-corrected chi connectivity index (χ1v) is 9.66. The van der Waals surface area contributed by atoms with Crippen LogP contribution in [0.4, 0.5) is 5.69 Å². The average molecular weight is 402 g/mol. The van der Waals surface area contributed by atoms with Gasteiger partial charge in [-0.05, 0) is 36.2 Å². The van der Waals surface area contributed by atoms with Crippen molar-refractivity contribution in [3.05, 3.63) is 90.8 Å². The van der Waals surface area contributed by atoms with Gasteiger partial charge in [0.05, 0.1) is 12.2 Å². The van der Waals surface area contributed by atoms with E-state index in [1.807, 2.05) is 54.6 Å². The summed E-state index contributed by atoms with van der Waals surface area (Å²) in [5.74, 6) is 0.600. The molecule has 4 nitrogen and oxygen atoms in total. The lowest BCUT2D eigenvalue weighted by Crippen LogP contribution is -2.12. The minimum Gasteiger partial charge on any atom is -0.439 e. The van der Waals surface area contributed by atoms with Gasteiger partial charge in [-0.15, -0.1) is 0 Å². The van der Waals surface area contributed by atoms with Crippen LogP contribution in [-0.2, 0) is 6.54 Å². The molecule has 5 heteroatoms. The highest BCUT2D eigenvalue weighted by atomic mass is 35.5. The van der Waals surface area contributed by atoms with Crippen LogP contribution in [-0.4, -0.2) is 10.2 Å². The third kappa shape index (κ3) is 4.23. The van der Waals surface area contributed by atoms with Gasteiger partial charge in [0.1, 0.15) is 10.7 Å². The van der Waals surface area contributed by atoms with Crippen LogP contribution < -0.4 is 5.32 Å². The summed E-state index contributed by atoms with van der Waals surface area (Å²) in [7, 11) is 0. The summed E-state index contributed by atoms with van der Waals surface area (Å²) in [6.07, 6.45) is 0. The Kier molecular flexibility index (Phi) is 5.45. The normalized spacial score (nSPS) is 11.6. The second kappa shape index (κ2) is 8.33. The van der Waals surface area contributed by atoms with Crippen LogP contribution in [0.25, 0.3) is 27.9 Å². The van der Waals surface area contributed by atoms with Crippen molar-refractivity contribution in [2.24, 2.45) is 4.99 Å². The quantitative estimate of drug-likeness (QED) is 0.373. The van der Waals surface area contributed by atoms with Crippen LogP contribution in [0.15, 0.2) is 88.8 Å². The topological polar surface area (TPSA) is 50.4 Å². The molecule has 0 radical (unpaired) electrons. The summed E-state index contributed by atoms with van der Waals surface area (Å²) < 4.78 is 5.80. The van der Waals surface area contributed by atoms with Crippen molar-refractivity contribution in [1.82, 2.24) is 10.3 Å². The van der Waals surface area contributed by atoms with Crippen molar-refractivity contribution < 1.29 is 4.42 Å². The molecule has 4 rings (SSSR count). The summed E-state index contributed by atoms with van der Waals surface area (Å²) in [5, 5.41) is 3.80. The van der Waals surface area contributed by atoms with E-state index in [1.54, 1.807) is 6.92 Å². The molecule has 0 spiro atoms. The third-order valence-corrected chi connectivity index (χ3v) is 4.58. The van der Waals surface area contributed by atoms with Crippen LogP contribution in [0.1, 0.15) is 18.4 Å². The molecule has 1 N–H and O–H groups in total. The van der Waals surface area contributed by atoms with Gasteiger partial charge in [-0.3, -0.25) is 0 Å².